The van der Waals surface area contributed by atoms with E-state index in [9.17, 15) is 4.79 Å². The van der Waals surface area contributed by atoms with E-state index in [1.54, 1.807) is 30.0 Å². The molecule has 0 saturated carbocycles. The van der Waals surface area contributed by atoms with Crippen molar-refractivity contribution in [1.82, 2.24) is 5.43 Å². The van der Waals surface area contributed by atoms with E-state index in [2.05, 4.69) is 12.3 Å². The Hall–Kier alpha value is -1.24. The maximum absolute atomic E-state index is 11.3. The molecule has 100 valence electrons. The van der Waals surface area contributed by atoms with Gasteiger partial charge in [-0.2, -0.15) is 11.8 Å². The van der Waals surface area contributed by atoms with Gasteiger partial charge >= 0.3 is 0 Å². The highest BCUT2D eigenvalue weighted by atomic mass is 32.2. The molecule has 0 aliphatic heterocycles. The second kappa shape index (κ2) is 7.97. The van der Waals surface area contributed by atoms with Gasteiger partial charge in [0.15, 0.2) is 0 Å². The topological polar surface area (TPSA) is 90.4 Å². The van der Waals surface area contributed by atoms with Gasteiger partial charge < -0.3 is 10.5 Å². The molecule has 0 saturated heterocycles. The molecule has 0 bridgehead atoms. The first-order valence-corrected chi connectivity index (χ1v) is 6.77. The fourth-order valence-corrected chi connectivity index (χ4v) is 2.01. The lowest BCUT2D eigenvalue weighted by molar-refractivity contribution is 0.0953. The Kier molecular flexibility index (Phi) is 6.56. The summed E-state index contributed by atoms with van der Waals surface area (Å²) in [7, 11) is 0. The fourth-order valence-electron chi connectivity index (χ4n) is 1.29. The number of rotatable bonds is 7. The van der Waals surface area contributed by atoms with Gasteiger partial charge in [0.05, 0.1) is 6.61 Å². The van der Waals surface area contributed by atoms with Crippen LogP contribution in [-0.2, 0) is 0 Å². The Balaban J connectivity index is 2.40. The molecule has 1 aromatic rings. The molecule has 5 nitrogen and oxygen atoms in total. The summed E-state index contributed by atoms with van der Waals surface area (Å²) in [4.78, 5) is 11.3. The predicted octanol–water partition coefficient (Wildman–Crippen LogP) is 0.749. The van der Waals surface area contributed by atoms with Gasteiger partial charge in [-0.05, 0) is 18.2 Å². The molecule has 6 heteroatoms. The Morgan fingerprint density at radius 1 is 1.56 bits per heavy atom. The average molecular weight is 269 g/mol. The van der Waals surface area contributed by atoms with Crippen LogP contribution in [0.4, 0.5) is 0 Å². The number of benzene rings is 1. The Morgan fingerprint density at radius 2 is 2.33 bits per heavy atom. The Labute approximate surface area is 111 Å². The number of amides is 1. The molecule has 1 amide bonds. The first-order chi connectivity index (χ1) is 8.67. The third-order valence-electron chi connectivity index (χ3n) is 2.31. The highest BCUT2D eigenvalue weighted by Crippen LogP contribution is 2.14. The van der Waals surface area contributed by atoms with Gasteiger partial charge in [-0.3, -0.25) is 10.2 Å². The zero-order valence-electron chi connectivity index (χ0n) is 10.4. The number of hydrogen-bond acceptors (Lipinski definition) is 5. The number of nitrogens with two attached hydrogens (primary N) is 2. The predicted molar refractivity (Wildman–Crippen MR) is 74.6 cm³/mol. The van der Waals surface area contributed by atoms with Crippen molar-refractivity contribution < 1.29 is 9.53 Å². The molecule has 0 radical (unpaired) electrons. The fraction of sp³-hybridized carbons (Fsp3) is 0.417. The minimum Gasteiger partial charge on any atom is -0.493 e. The first-order valence-electron chi connectivity index (χ1n) is 5.73. The van der Waals surface area contributed by atoms with Gasteiger partial charge in [0, 0.05) is 23.1 Å². The van der Waals surface area contributed by atoms with Crippen LogP contribution in [0.1, 0.15) is 17.3 Å². The van der Waals surface area contributed by atoms with E-state index in [1.165, 1.54) is 0 Å². The Morgan fingerprint density at radius 3 is 3.00 bits per heavy atom. The molecule has 1 aromatic carbocycles. The molecule has 0 fully saturated rings. The monoisotopic (exact) mass is 269 g/mol. The summed E-state index contributed by atoms with van der Waals surface area (Å²) in [5.41, 5.74) is 8.09. The molecule has 0 aliphatic rings. The third kappa shape index (κ3) is 4.95. The van der Waals surface area contributed by atoms with Crippen molar-refractivity contribution in [3.8, 4) is 5.75 Å². The second-order valence-electron chi connectivity index (χ2n) is 3.77. The molecule has 0 heterocycles. The van der Waals surface area contributed by atoms with E-state index >= 15 is 0 Å². The van der Waals surface area contributed by atoms with Gasteiger partial charge in [-0.25, -0.2) is 5.84 Å². The lowest BCUT2D eigenvalue weighted by Gasteiger charge is -2.10. The second-order valence-corrected chi connectivity index (χ2v) is 5.31. The van der Waals surface area contributed by atoms with Crippen LogP contribution in [0, 0.1) is 0 Å². The summed E-state index contributed by atoms with van der Waals surface area (Å²) in [6.07, 6.45) is 0. The number of hydrazine groups is 1. The molecule has 1 atom stereocenters. The maximum atomic E-state index is 11.3. The van der Waals surface area contributed by atoms with E-state index in [0.717, 1.165) is 5.75 Å². The summed E-state index contributed by atoms with van der Waals surface area (Å²) in [5, 5.41) is 0.433. The highest BCUT2D eigenvalue weighted by Gasteiger charge is 2.04. The van der Waals surface area contributed by atoms with Crippen molar-refractivity contribution >= 4 is 17.7 Å². The first kappa shape index (κ1) is 14.8. The normalized spacial score (nSPS) is 11.9. The van der Waals surface area contributed by atoms with Gasteiger partial charge in [-0.15, -0.1) is 0 Å². The summed E-state index contributed by atoms with van der Waals surface area (Å²) >= 11 is 1.76. The number of hydrogen-bond donors (Lipinski definition) is 3. The highest BCUT2D eigenvalue weighted by molar-refractivity contribution is 7.99. The molecule has 1 unspecified atom stereocenters. The smallest absolute Gasteiger partial charge is 0.265 e. The summed E-state index contributed by atoms with van der Waals surface area (Å²) in [5.74, 6) is 6.27. The quantitative estimate of drug-likeness (QED) is 0.294. The van der Waals surface area contributed by atoms with Crippen molar-refractivity contribution in [2.75, 3.05) is 18.9 Å². The van der Waals surface area contributed by atoms with Gasteiger partial charge in [-0.1, -0.05) is 13.0 Å². The minimum atomic E-state index is -0.327. The minimum absolute atomic E-state index is 0.327. The molecule has 0 aromatic heterocycles. The molecule has 1 rings (SSSR count). The maximum Gasteiger partial charge on any atom is 0.265 e. The zero-order chi connectivity index (χ0) is 13.4. The van der Waals surface area contributed by atoms with Crippen LogP contribution < -0.4 is 21.7 Å². The molecule has 0 spiro atoms. The van der Waals surface area contributed by atoms with E-state index in [1.807, 2.05) is 6.07 Å². The van der Waals surface area contributed by atoms with Gasteiger partial charge in [0.2, 0.25) is 0 Å². The van der Waals surface area contributed by atoms with E-state index in [-0.39, 0.29) is 5.91 Å². The summed E-state index contributed by atoms with van der Waals surface area (Å²) in [6.45, 7) is 3.33. The van der Waals surface area contributed by atoms with E-state index in [4.69, 9.17) is 16.3 Å². The number of thioether (sulfide) groups is 1. The van der Waals surface area contributed by atoms with Crippen molar-refractivity contribution in [2.45, 2.75) is 12.2 Å². The van der Waals surface area contributed by atoms with Crippen LogP contribution in [-0.4, -0.2) is 30.1 Å². The number of nitrogen functional groups attached to an aromatic ring is 1. The van der Waals surface area contributed by atoms with Crippen LogP contribution in [0.15, 0.2) is 24.3 Å². The summed E-state index contributed by atoms with van der Waals surface area (Å²) in [6, 6.07) is 6.92. The van der Waals surface area contributed by atoms with Crippen LogP contribution in [0.5, 0.6) is 5.75 Å². The van der Waals surface area contributed by atoms with Gasteiger partial charge in [0.1, 0.15) is 5.75 Å². The van der Waals surface area contributed by atoms with Crippen molar-refractivity contribution in [2.24, 2.45) is 11.6 Å². The zero-order valence-corrected chi connectivity index (χ0v) is 11.2. The molecular formula is C12H19N3O2S. The molecule has 0 aliphatic carbocycles. The van der Waals surface area contributed by atoms with Crippen LogP contribution in [0.25, 0.3) is 0 Å². The number of carbonyl (C=O) groups excluding carboxylic acids is 1. The lowest BCUT2D eigenvalue weighted by Crippen LogP contribution is -2.29. The van der Waals surface area contributed by atoms with Gasteiger partial charge in [0.25, 0.3) is 5.91 Å². The number of ether oxygens (including phenoxy) is 1. The van der Waals surface area contributed by atoms with Crippen molar-refractivity contribution in [3.63, 3.8) is 0 Å². The summed E-state index contributed by atoms with van der Waals surface area (Å²) < 4.78 is 5.55. The van der Waals surface area contributed by atoms with Crippen molar-refractivity contribution in [3.05, 3.63) is 29.8 Å². The average Bonchev–Trinajstić information content (AvgIpc) is 2.42. The van der Waals surface area contributed by atoms with Crippen molar-refractivity contribution in [1.29, 1.82) is 0 Å². The largest absolute Gasteiger partial charge is 0.493 e. The number of carbonyl (C=O) groups is 1. The molecular weight excluding hydrogens is 250 g/mol. The van der Waals surface area contributed by atoms with Crippen LogP contribution >= 0.6 is 11.8 Å². The van der Waals surface area contributed by atoms with Crippen LogP contribution in [0.2, 0.25) is 0 Å². The Bertz CT molecular complexity index is 387. The third-order valence-corrected chi connectivity index (χ3v) is 3.48. The van der Waals surface area contributed by atoms with Crippen LogP contribution in [0.3, 0.4) is 0 Å². The SMILES string of the molecule is CC(CN)SCCOc1cccc(C(=O)NN)c1. The number of nitrogens with one attached hydrogen (secondary N) is 1. The lowest BCUT2D eigenvalue weighted by atomic mass is 10.2. The molecule has 5 N–H and O–H groups in total. The van der Waals surface area contributed by atoms with E-state index < -0.39 is 0 Å². The van der Waals surface area contributed by atoms with E-state index in [0.29, 0.717) is 29.7 Å². The molecule has 18 heavy (non-hydrogen) atoms. The standard InChI is InChI=1S/C12H19N3O2S/c1-9(8-13)18-6-5-17-11-4-2-3-10(7-11)12(16)15-14/h2-4,7,9H,5-6,8,13-14H2,1H3,(H,15,16).